The van der Waals surface area contributed by atoms with Crippen LogP contribution in [0.3, 0.4) is 0 Å². The zero-order valence-electron chi connectivity index (χ0n) is 11.3. The van der Waals surface area contributed by atoms with E-state index in [1.54, 1.807) is 19.1 Å². The van der Waals surface area contributed by atoms with Crippen LogP contribution in [-0.4, -0.2) is 14.9 Å². The van der Waals surface area contributed by atoms with E-state index in [4.69, 9.17) is 15.7 Å². The molecule has 1 aromatic heterocycles. The molecule has 0 aliphatic carbocycles. The molecule has 0 unspecified atom stereocenters. The first-order chi connectivity index (χ1) is 9.92. The number of aromatic nitrogens is 2. The SMILES string of the molecule is Cc1ccc(C#N)cc1Oc1nc(N)nc(C)c1[N+](=O)[O-]. The van der Waals surface area contributed by atoms with Crippen LogP contribution in [0.1, 0.15) is 16.8 Å². The molecule has 0 fully saturated rings. The molecule has 1 aromatic carbocycles. The third-order valence-corrected chi connectivity index (χ3v) is 2.75. The number of nitrogens with two attached hydrogens (primary N) is 1. The number of hydrogen-bond acceptors (Lipinski definition) is 7. The zero-order valence-corrected chi connectivity index (χ0v) is 11.3. The number of nitro groups is 1. The predicted molar refractivity (Wildman–Crippen MR) is 73.8 cm³/mol. The minimum atomic E-state index is -0.631. The van der Waals surface area contributed by atoms with Gasteiger partial charge in [-0.2, -0.15) is 10.2 Å². The molecule has 2 aromatic rings. The number of nitriles is 1. The van der Waals surface area contributed by atoms with Gasteiger partial charge in [0.15, 0.2) is 0 Å². The maximum Gasteiger partial charge on any atom is 0.352 e. The summed E-state index contributed by atoms with van der Waals surface area (Å²) < 4.78 is 5.48. The van der Waals surface area contributed by atoms with Crippen molar-refractivity contribution in [1.82, 2.24) is 9.97 Å². The van der Waals surface area contributed by atoms with Crippen LogP contribution in [0.5, 0.6) is 11.6 Å². The van der Waals surface area contributed by atoms with Crippen LogP contribution in [-0.2, 0) is 0 Å². The summed E-state index contributed by atoms with van der Waals surface area (Å²) in [6.45, 7) is 3.20. The van der Waals surface area contributed by atoms with Gasteiger partial charge in [0, 0.05) is 0 Å². The van der Waals surface area contributed by atoms with E-state index in [-0.39, 0.29) is 23.2 Å². The van der Waals surface area contributed by atoms with Crippen LogP contribution in [0.25, 0.3) is 0 Å². The second-order valence-electron chi connectivity index (χ2n) is 4.27. The Morgan fingerprint density at radius 1 is 1.38 bits per heavy atom. The highest BCUT2D eigenvalue weighted by molar-refractivity contribution is 5.51. The van der Waals surface area contributed by atoms with Crippen LogP contribution in [0.4, 0.5) is 11.6 Å². The van der Waals surface area contributed by atoms with Gasteiger partial charge in [-0.15, -0.1) is 0 Å². The lowest BCUT2D eigenvalue weighted by molar-refractivity contribution is -0.386. The Bertz CT molecular complexity index is 767. The third-order valence-electron chi connectivity index (χ3n) is 2.75. The number of ether oxygens (including phenoxy) is 1. The van der Waals surface area contributed by atoms with Crippen molar-refractivity contribution in [3.8, 4) is 17.7 Å². The van der Waals surface area contributed by atoms with Gasteiger partial charge in [-0.25, -0.2) is 4.98 Å². The molecular weight excluding hydrogens is 274 g/mol. The summed E-state index contributed by atoms with van der Waals surface area (Å²) in [5.41, 5.74) is 6.33. The summed E-state index contributed by atoms with van der Waals surface area (Å²) in [4.78, 5) is 18.0. The van der Waals surface area contributed by atoms with E-state index in [1.807, 2.05) is 6.07 Å². The molecule has 0 atom stereocenters. The minimum Gasteiger partial charge on any atom is -0.433 e. The average molecular weight is 285 g/mol. The molecule has 2 rings (SSSR count). The van der Waals surface area contributed by atoms with E-state index in [0.29, 0.717) is 16.9 Å². The Morgan fingerprint density at radius 3 is 2.71 bits per heavy atom. The molecule has 0 spiro atoms. The Hall–Kier alpha value is -3.21. The van der Waals surface area contributed by atoms with E-state index >= 15 is 0 Å². The predicted octanol–water partition coefficient (Wildman–Crippen LogP) is 2.25. The maximum atomic E-state index is 11.1. The second kappa shape index (κ2) is 5.42. The van der Waals surface area contributed by atoms with Crippen molar-refractivity contribution in [3.63, 3.8) is 0 Å². The molecule has 0 bridgehead atoms. The number of hydrogen-bond donors (Lipinski definition) is 1. The van der Waals surface area contributed by atoms with Crippen LogP contribution in [0, 0.1) is 35.3 Å². The zero-order chi connectivity index (χ0) is 15.6. The monoisotopic (exact) mass is 285 g/mol. The molecule has 1 heterocycles. The highest BCUT2D eigenvalue weighted by atomic mass is 16.6. The number of benzene rings is 1. The fourth-order valence-corrected chi connectivity index (χ4v) is 1.73. The Morgan fingerprint density at radius 2 is 2.10 bits per heavy atom. The largest absolute Gasteiger partial charge is 0.433 e. The summed E-state index contributed by atoms with van der Waals surface area (Å²) in [6.07, 6.45) is 0. The van der Waals surface area contributed by atoms with Gasteiger partial charge in [-0.3, -0.25) is 10.1 Å². The van der Waals surface area contributed by atoms with Crippen LogP contribution in [0.15, 0.2) is 18.2 Å². The van der Waals surface area contributed by atoms with Gasteiger partial charge in [-0.05, 0) is 31.5 Å². The van der Waals surface area contributed by atoms with Gasteiger partial charge < -0.3 is 10.5 Å². The number of nitrogens with zero attached hydrogens (tertiary/aromatic N) is 4. The average Bonchev–Trinajstić information content (AvgIpc) is 2.40. The molecule has 21 heavy (non-hydrogen) atoms. The first kappa shape index (κ1) is 14.2. The van der Waals surface area contributed by atoms with Crippen LogP contribution in [0.2, 0.25) is 0 Å². The molecule has 0 aliphatic heterocycles. The molecule has 8 nitrogen and oxygen atoms in total. The summed E-state index contributed by atoms with van der Waals surface area (Å²) in [6, 6.07) is 6.75. The molecule has 8 heteroatoms. The highest BCUT2D eigenvalue weighted by Crippen LogP contribution is 2.33. The van der Waals surface area contributed by atoms with Gasteiger partial charge in [0.2, 0.25) is 5.95 Å². The maximum absolute atomic E-state index is 11.1. The molecule has 0 saturated heterocycles. The van der Waals surface area contributed by atoms with Gasteiger partial charge >= 0.3 is 11.6 Å². The highest BCUT2D eigenvalue weighted by Gasteiger charge is 2.24. The smallest absolute Gasteiger partial charge is 0.352 e. The van der Waals surface area contributed by atoms with Crippen molar-refractivity contribution in [2.45, 2.75) is 13.8 Å². The molecule has 0 aliphatic rings. The van der Waals surface area contributed by atoms with Crippen molar-refractivity contribution in [2.24, 2.45) is 0 Å². The minimum absolute atomic E-state index is 0.108. The molecule has 0 radical (unpaired) electrons. The van der Waals surface area contributed by atoms with Crippen LogP contribution < -0.4 is 10.5 Å². The summed E-state index contributed by atoms with van der Waals surface area (Å²) >= 11 is 0. The van der Waals surface area contributed by atoms with E-state index in [1.165, 1.54) is 13.0 Å². The topological polar surface area (TPSA) is 128 Å². The second-order valence-corrected chi connectivity index (χ2v) is 4.27. The Balaban J connectivity index is 2.54. The lowest BCUT2D eigenvalue weighted by Gasteiger charge is -2.09. The van der Waals surface area contributed by atoms with Crippen molar-refractivity contribution >= 4 is 11.6 Å². The standard InChI is InChI=1S/C13H11N5O3/c1-7-3-4-9(6-14)5-10(7)21-12-11(18(19)20)8(2)16-13(15)17-12/h3-5H,1-2H3,(H2,15,16,17). The number of rotatable bonds is 3. The fraction of sp³-hybridized carbons (Fsp3) is 0.154. The number of anilines is 1. The van der Waals surface area contributed by atoms with E-state index in [0.717, 1.165) is 0 Å². The molecule has 106 valence electrons. The van der Waals surface area contributed by atoms with Crippen molar-refractivity contribution in [1.29, 1.82) is 5.26 Å². The molecule has 2 N–H and O–H groups in total. The van der Waals surface area contributed by atoms with E-state index in [2.05, 4.69) is 9.97 Å². The van der Waals surface area contributed by atoms with Gasteiger partial charge in [0.25, 0.3) is 0 Å². The van der Waals surface area contributed by atoms with Crippen molar-refractivity contribution in [3.05, 3.63) is 45.1 Å². The Kier molecular flexibility index (Phi) is 3.67. The van der Waals surface area contributed by atoms with E-state index in [9.17, 15) is 10.1 Å². The molecule has 0 amide bonds. The summed E-state index contributed by atoms with van der Waals surface area (Å²) in [5, 5.41) is 20.0. The summed E-state index contributed by atoms with van der Waals surface area (Å²) in [7, 11) is 0. The lowest BCUT2D eigenvalue weighted by atomic mass is 10.1. The Labute approximate surface area is 120 Å². The third kappa shape index (κ3) is 2.87. The molecular formula is C13H11N5O3. The summed E-state index contributed by atoms with van der Waals surface area (Å²) in [5.74, 6) is -0.0694. The van der Waals surface area contributed by atoms with Crippen LogP contribution >= 0.6 is 0 Å². The van der Waals surface area contributed by atoms with Gasteiger partial charge in [0.1, 0.15) is 11.4 Å². The lowest BCUT2D eigenvalue weighted by Crippen LogP contribution is -2.05. The quantitative estimate of drug-likeness (QED) is 0.676. The van der Waals surface area contributed by atoms with Gasteiger partial charge in [-0.1, -0.05) is 6.07 Å². The molecule has 0 saturated carbocycles. The fourth-order valence-electron chi connectivity index (χ4n) is 1.73. The van der Waals surface area contributed by atoms with Gasteiger partial charge in [0.05, 0.1) is 16.6 Å². The number of aryl methyl sites for hydroxylation is 2. The first-order valence-electron chi connectivity index (χ1n) is 5.89. The van der Waals surface area contributed by atoms with E-state index < -0.39 is 4.92 Å². The van der Waals surface area contributed by atoms with Crippen molar-refractivity contribution in [2.75, 3.05) is 5.73 Å². The first-order valence-corrected chi connectivity index (χ1v) is 5.89. The van der Waals surface area contributed by atoms with Crippen molar-refractivity contribution < 1.29 is 9.66 Å². The number of nitrogen functional groups attached to an aromatic ring is 1. The normalized spacial score (nSPS) is 9.95.